The van der Waals surface area contributed by atoms with Crippen molar-refractivity contribution in [3.63, 3.8) is 0 Å². The number of aliphatic carboxylic acids is 1. The van der Waals surface area contributed by atoms with Crippen LogP contribution in [0.2, 0.25) is 0 Å². The summed E-state index contributed by atoms with van der Waals surface area (Å²) in [4.78, 5) is 65.7. The second-order valence-corrected chi connectivity index (χ2v) is 10.6. The Morgan fingerprint density at radius 1 is 0.950 bits per heavy atom. The van der Waals surface area contributed by atoms with Gasteiger partial charge in [0.05, 0.1) is 6.04 Å². The third-order valence-corrected chi connectivity index (χ3v) is 6.88. The summed E-state index contributed by atoms with van der Waals surface area (Å²) >= 11 is 0. The second kappa shape index (κ2) is 15.0. The number of nitrogens with one attached hydrogen (secondary N) is 4. The third-order valence-electron chi connectivity index (χ3n) is 6.88. The van der Waals surface area contributed by atoms with E-state index in [1.165, 1.54) is 0 Å². The van der Waals surface area contributed by atoms with Gasteiger partial charge in [-0.3, -0.25) is 19.2 Å². The minimum Gasteiger partial charge on any atom is -0.480 e. The van der Waals surface area contributed by atoms with Crippen molar-refractivity contribution in [1.29, 1.82) is 0 Å². The second-order valence-electron chi connectivity index (χ2n) is 10.6. The Bertz CT molecular complexity index is 1190. The van der Waals surface area contributed by atoms with Crippen LogP contribution in [0.5, 0.6) is 0 Å². The Labute approximate surface area is 234 Å². The lowest BCUT2D eigenvalue weighted by Gasteiger charge is -2.27. The van der Waals surface area contributed by atoms with Gasteiger partial charge in [0, 0.05) is 23.5 Å². The lowest BCUT2D eigenvalue weighted by atomic mass is 9.98. The van der Waals surface area contributed by atoms with Gasteiger partial charge in [-0.25, -0.2) is 4.79 Å². The number of carboxylic acid groups (broad SMARTS) is 1. The van der Waals surface area contributed by atoms with Gasteiger partial charge in [0.2, 0.25) is 23.6 Å². The fourth-order valence-electron chi connectivity index (χ4n) is 4.38. The predicted molar refractivity (Wildman–Crippen MR) is 151 cm³/mol. The maximum absolute atomic E-state index is 13.3. The molecule has 0 spiro atoms. The summed E-state index contributed by atoms with van der Waals surface area (Å²) in [5.41, 5.74) is 13.2. The molecule has 0 radical (unpaired) electrons. The summed E-state index contributed by atoms with van der Waals surface area (Å²) in [6.07, 6.45) is 2.44. The van der Waals surface area contributed by atoms with E-state index in [-0.39, 0.29) is 37.5 Å². The summed E-state index contributed by atoms with van der Waals surface area (Å²) in [7, 11) is 0. The lowest BCUT2D eigenvalue weighted by molar-refractivity contribution is -0.144. The van der Waals surface area contributed by atoms with Crippen molar-refractivity contribution in [2.75, 3.05) is 0 Å². The summed E-state index contributed by atoms with van der Waals surface area (Å²) < 4.78 is 0. The largest absolute Gasteiger partial charge is 0.480 e. The molecule has 0 aliphatic heterocycles. The van der Waals surface area contributed by atoms with Gasteiger partial charge < -0.3 is 37.5 Å². The number of para-hydroxylation sites is 1. The number of fused-ring (bicyclic) bond motifs is 1. The Morgan fingerprint density at radius 2 is 1.57 bits per heavy atom. The topological polar surface area (TPSA) is 209 Å². The first-order chi connectivity index (χ1) is 18.8. The zero-order valence-electron chi connectivity index (χ0n) is 23.5. The SMILES string of the molecule is CCC(C)C(NC(=O)C(CCC(N)=O)NC(=O)C(CC(C)C)NC(=O)C(N)Cc1c[nH]c2ccccc12)C(=O)O. The predicted octanol–water partition coefficient (Wildman–Crippen LogP) is 0.934. The van der Waals surface area contributed by atoms with Crippen molar-refractivity contribution >= 4 is 40.5 Å². The van der Waals surface area contributed by atoms with E-state index >= 15 is 0 Å². The molecule has 4 amide bonds. The molecule has 0 bridgehead atoms. The highest BCUT2D eigenvalue weighted by Crippen LogP contribution is 2.19. The Kier molecular flexibility index (Phi) is 12.1. The zero-order chi connectivity index (χ0) is 30.0. The number of carboxylic acids is 1. The number of nitrogens with two attached hydrogens (primary N) is 2. The molecule has 0 fully saturated rings. The Hall–Kier alpha value is -3.93. The van der Waals surface area contributed by atoms with Gasteiger partial charge in [-0.05, 0) is 42.7 Å². The van der Waals surface area contributed by atoms with Crippen LogP contribution in [-0.2, 0) is 30.4 Å². The van der Waals surface area contributed by atoms with Gasteiger partial charge in [-0.15, -0.1) is 0 Å². The number of benzene rings is 1. The average Bonchev–Trinajstić information content (AvgIpc) is 3.30. The number of primary amides is 1. The molecular weight excluding hydrogens is 516 g/mol. The average molecular weight is 559 g/mol. The molecule has 9 N–H and O–H groups in total. The van der Waals surface area contributed by atoms with E-state index in [1.807, 2.05) is 38.1 Å². The molecule has 40 heavy (non-hydrogen) atoms. The first-order valence-electron chi connectivity index (χ1n) is 13.6. The van der Waals surface area contributed by atoms with Gasteiger partial charge in [0.1, 0.15) is 18.1 Å². The third kappa shape index (κ3) is 9.37. The van der Waals surface area contributed by atoms with Crippen molar-refractivity contribution in [2.24, 2.45) is 23.3 Å². The van der Waals surface area contributed by atoms with E-state index in [0.29, 0.717) is 6.42 Å². The first kappa shape index (κ1) is 32.3. The highest BCUT2D eigenvalue weighted by Gasteiger charge is 2.32. The molecule has 220 valence electrons. The van der Waals surface area contributed by atoms with Crippen LogP contribution in [0.3, 0.4) is 0 Å². The van der Waals surface area contributed by atoms with E-state index in [2.05, 4.69) is 20.9 Å². The Morgan fingerprint density at radius 3 is 2.17 bits per heavy atom. The number of aromatic amines is 1. The zero-order valence-corrected chi connectivity index (χ0v) is 23.5. The number of carbonyl (C=O) groups is 5. The number of carbonyl (C=O) groups excluding carboxylic acids is 4. The number of H-pyrrole nitrogens is 1. The van der Waals surface area contributed by atoms with Gasteiger partial charge in [-0.1, -0.05) is 52.3 Å². The van der Waals surface area contributed by atoms with Crippen molar-refractivity contribution in [3.05, 3.63) is 36.0 Å². The molecule has 2 aromatic rings. The fraction of sp³-hybridized carbons (Fsp3) is 0.536. The smallest absolute Gasteiger partial charge is 0.326 e. The Balaban J connectivity index is 2.16. The van der Waals surface area contributed by atoms with Gasteiger partial charge >= 0.3 is 5.97 Å². The molecule has 12 heteroatoms. The maximum atomic E-state index is 13.3. The summed E-state index contributed by atoms with van der Waals surface area (Å²) in [6, 6.07) is 3.25. The van der Waals surface area contributed by atoms with Crippen LogP contribution < -0.4 is 27.4 Å². The molecule has 0 aliphatic carbocycles. The summed E-state index contributed by atoms with van der Waals surface area (Å²) in [6.45, 7) is 7.23. The van der Waals surface area contributed by atoms with E-state index in [0.717, 1.165) is 16.5 Å². The highest BCUT2D eigenvalue weighted by molar-refractivity contribution is 5.94. The van der Waals surface area contributed by atoms with Gasteiger partial charge in [0.15, 0.2) is 0 Å². The van der Waals surface area contributed by atoms with Crippen LogP contribution in [0.1, 0.15) is 58.9 Å². The van der Waals surface area contributed by atoms with Crippen LogP contribution >= 0.6 is 0 Å². The van der Waals surface area contributed by atoms with Crippen LogP contribution in [0.15, 0.2) is 30.5 Å². The molecule has 5 atom stereocenters. The fourth-order valence-corrected chi connectivity index (χ4v) is 4.38. The van der Waals surface area contributed by atoms with E-state index in [4.69, 9.17) is 11.5 Å². The highest BCUT2D eigenvalue weighted by atomic mass is 16.4. The molecule has 0 saturated heterocycles. The normalized spacial score (nSPS) is 15.1. The molecule has 1 aromatic heterocycles. The van der Waals surface area contributed by atoms with Crippen LogP contribution in [0, 0.1) is 11.8 Å². The standard InChI is InChI=1S/C28H42N6O6/c1-5-16(4)24(28(39)40)34-26(37)21(10-11-23(30)35)32-27(38)22(12-15(2)3)33-25(36)19(29)13-17-14-31-20-9-7-6-8-18(17)20/h6-9,14-16,19,21-22,24,31H,5,10-13,29H2,1-4H3,(H2,30,35)(H,32,38)(H,33,36)(H,34,37)(H,39,40). The minimum atomic E-state index is -1.24. The van der Waals surface area contributed by atoms with Crippen LogP contribution in [0.25, 0.3) is 10.9 Å². The van der Waals surface area contributed by atoms with Crippen LogP contribution in [-0.4, -0.2) is 63.9 Å². The molecule has 5 unspecified atom stereocenters. The number of rotatable bonds is 16. The lowest BCUT2D eigenvalue weighted by Crippen LogP contribution is -2.58. The van der Waals surface area contributed by atoms with E-state index < -0.39 is 53.8 Å². The van der Waals surface area contributed by atoms with Crippen molar-refractivity contribution in [1.82, 2.24) is 20.9 Å². The number of amides is 4. The number of hydrogen-bond donors (Lipinski definition) is 7. The summed E-state index contributed by atoms with van der Waals surface area (Å²) in [5, 5.41) is 18.2. The maximum Gasteiger partial charge on any atom is 0.326 e. The quantitative estimate of drug-likeness (QED) is 0.158. The molecule has 12 nitrogen and oxygen atoms in total. The molecule has 2 rings (SSSR count). The van der Waals surface area contributed by atoms with E-state index in [1.54, 1.807) is 20.0 Å². The number of hydrogen-bond acceptors (Lipinski definition) is 6. The molecular formula is C28H42N6O6. The molecule has 0 aliphatic rings. The van der Waals surface area contributed by atoms with E-state index in [9.17, 15) is 29.1 Å². The van der Waals surface area contributed by atoms with Gasteiger partial charge in [-0.2, -0.15) is 0 Å². The molecule has 1 heterocycles. The number of aromatic nitrogens is 1. The first-order valence-corrected chi connectivity index (χ1v) is 13.6. The van der Waals surface area contributed by atoms with Crippen LogP contribution in [0.4, 0.5) is 0 Å². The van der Waals surface area contributed by atoms with Crippen molar-refractivity contribution in [2.45, 2.75) is 84.0 Å². The molecule has 0 saturated carbocycles. The van der Waals surface area contributed by atoms with Crippen molar-refractivity contribution in [3.8, 4) is 0 Å². The van der Waals surface area contributed by atoms with Crippen molar-refractivity contribution < 1.29 is 29.1 Å². The monoisotopic (exact) mass is 558 g/mol. The molecule has 1 aromatic carbocycles. The van der Waals surface area contributed by atoms with Gasteiger partial charge in [0.25, 0.3) is 0 Å². The minimum absolute atomic E-state index is 0.000539. The summed E-state index contributed by atoms with van der Waals surface area (Å²) in [5.74, 6) is -4.21.